The molecular weight excluding hydrogens is 186 g/mol. The molecule has 0 saturated carbocycles. The standard InChI is InChI=1S/C9H7NO2S/c11-13(12)9-5-6-10-8-4-2-1-3-7(8)9/h1-6,13H. The van der Waals surface area contributed by atoms with Crippen LogP contribution in [0.5, 0.6) is 0 Å². The van der Waals surface area contributed by atoms with Gasteiger partial charge in [0.05, 0.1) is 10.4 Å². The third kappa shape index (κ3) is 1.40. The zero-order valence-corrected chi connectivity index (χ0v) is 7.57. The van der Waals surface area contributed by atoms with Gasteiger partial charge in [0, 0.05) is 11.6 Å². The fourth-order valence-electron chi connectivity index (χ4n) is 1.24. The van der Waals surface area contributed by atoms with Crippen LogP contribution in [0.15, 0.2) is 41.4 Å². The van der Waals surface area contributed by atoms with Gasteiger partial charge in [-0.3, -0.25) is 4.98 Å². The van der Waals surface area contributed by atoms with E-state index in [4.69, 9.17) is 0 Å². The van der Waals surface area contributed by atoms with E-state index >= 15 is 0 Å². The highest BCUT2D eigenvalue weighted by Crippen LogP contribution is 2.16. The number of para-hydroxylation sites is 1. The molecule has 13 heavy (non-hydrogen) atoms. The number of nitrogens with zero attached hydrogens (tertiary/aromatic N) is 1. The number of rotatable bonds is 1. The number of fused-ring (bicyclic) bond motifs is 1. The molecule has 0 aliphatic rings. The van der Waals surface area contributed by atoms with Crippen molar-refractivity contribution in [1.82, 2.24) is 4.98 Å². The molecule has 66 valence electrons. The lowest BCUT2D eigenvalue weighted by Crippen LogP contribution is -1.85. The van der Waals surface area contributed by atoms with Crippen molar-refractivity contribution in [1.29, 1.82) is 0 Å². The molecule has 0 bridgehead atoms. The van der Waals surface area contributed by atoms with E-state index in [-0.39, 0.29) is 0 Å². The molecule has 0 N–H and O–H groups in total. The molecule has 0 spiro atoms. The minimum Gasteiger partial charge on any atom is -0.256 e. The molecule has 0 radical (unpaired) electrons. The predicted octanol–water partition coefficient (Wildman–Crippen LogP) is 1.21. The fourth-order valence-corrected chi connectivity index (χ4v) is 1.81. The van der Waals surface area contributed by atoms with E-state index < -0.39 is 10.7 Å². The van der Waals surface area contributed by atoms with E-state index in [1.807, 2.05) is 6.07 Å². The van der Waals surface area contributed by atoms with Crippen molar-refractivity contribution in [2.24, 2.45) is 0 Å². The van der Waals surface area contributed by atoms with Gasteiger partial charge in [0.1, 0.15) is 0 Å². The Morgan fingerprint density at radius 2 is 1.85 bits per heavy atom. The molecule has 0 fully saturated rings. The van der Waals surface area contributed by atoms with Gasteiger partial charge < -0.3 is 0 Å². The van der Waals surface area contributed by atoms with E-state index in [1.165, 1.54) is 12.3 Å². The van der Waals surface area contributed by atoms with E-state index in [0.717, 1.165) is 0 Å². The summed E-state index contributed by atoms with van der Waals surface area (Å²) >= 11 is 0. The molecule has 0 atom stereocenters. The highest BCUT2D eigenvalue weighted by Gasteiger charge is 2.01. The summed E-state index contributed by atoms with van der Waals surface area (Å²) in [5, 5.41) is 0.682. The van der Waals surface area contributed by atoms with Gasteiger partial charge in [0.25, 0.3) is 0 Å². The summed E-state index contributed by atoms with van der Waals surface area (Å²) in [6.45, 7) is 0. The van der Waals surface area contributed by atoms with Gasteiger partial charge in [0.2, 0.25) is 0 Å². The fraction of sp³-hybridized carbons (Fsp3) is 0. The number of benzene rings is 1. The van der Waals surface area contributed by atoms with Crippen LogP contribution in [0.1, 0.15) is 0 Å². The molecule has 1 aromatic carbocycles. The molecule has 4 heteroatoms. The Morgan fingerprint density at radius 3 is 2.62 bits per heavy atom. The average molecular weight is 193 g/mol. The van der Waals surface area contributed by atoms with E-state index in [2.05, 4.69) is 4.98 Å². The second-order valence-corrected chi connectivity index (χ2v) is 3.60. The Kier molecular flexibility index (Phi) is 1.98. The average Bonchev–Trinajstić information content (AvgIpc) is 2.17. The van der Waals surface area contributed by atoms with E-state index in [0.29, 0.717) is 15.8 Å². The smallest absolute Gasteiger partial charge is 0.169 e. The van der Waals surface area contributed by atoms with E-state index in [9.17, 15) is 8.42 Å². The molecule has 1 aromatic heterocycles. The van der Waals surface area contributed by atoms with Gasteiger partial charge in [-0.25, -0.2) is 8.42 Å². The van der Waals surface area contributed by atoms with Gasteiger partial charge in [-0.05, 0) is 12.1 Å². The number of aromatic nitrogens is 1. The van der Waals surface area contributed by atoms with Gasteiger partial charge in [-0.1, -0.05) is 18.2 Å². The van der Waals surface area contributed by atoms with Crippen LogP contribution >= 0.6 is 0 Å². The van der Waals surface area contributed by atoms with Crippen LogP contribution in [0.25, 0.3) is 10.9 Å². The second-order valence-electron chi connectivity index (χ2n) is 2.60. The maximum atomic E-state index is 10.8. The first-order valence-corrected chi connectivity index (χ1v) is 4.95. The molecule has 1 heterocycles. The predicted molar refractivity (Wildman–Crippen MR) is 50.3 cm³/mol. The summed E-state index contributed by atoms with van der Waals surface area (Å²) in [5.41, 5.74) is 0.708. The van der Waals surface area contributed by atoms with Crippen molar-refractivity contribution in [3.8, 4) is 0 Å². The molecule has 0 amide bonds. The molecule has 3 nitrogen and oxygen atoms in total. The number of pyridine rings is 1. The van der Waals surface area contributed by atoms with Crippen molar-refractivity contribution < 1.29 is 8.42 Å². The normalized spacial score (nSPS) is 10.8. The zero-order valence-electron chi connectivity index (χ0n) is 6.68. The van der Waals surface area contributed by atoms with Gasteiger partial charge in [-0.2, -0.15) is 0 Å². The number of thiol groups is 1. The lowest BCUT2D eigenvalue weighted by molar-refractivity contribution is 0.615. The molecule has 2 aromatic rings. The summed E-state index contributed by atoms with van der Waals surface area (Å²) < 4.78 is 21.6. The van der Waals surface area contributed by atoms with Crippen molar-refractivity contribution in [2.45, 2.75) is 4.90 Å². The summed E-state index contributed by atoms with van der Waals surface area (Å²) in [5.74, 6) is 0. The minimum absolute atomic E-state index is 0.334. The Morgan fingerprint density at radius 1 is 1.08 bits per heavy atom. The largest absolute Gasteiger partial charge is 0.256 e. The first kappa shape index (κ1) is 8.19. The molecular formula is C9H7NO2S. The Balaban J connectivity index is 2.91. The first-order valence-electron chi connectivity index (χ1n) is 3.77. The summed E-state index contributed by atoms with van der Waals surface area (Å²) in [6, 6.07) is 8.68. The molecule has 0 unspecified atom stereocenters. The van der Waals surface area contributed by atoms with Crippen LogP contribution in [0.4, 0.5) is 0 Å². The maximum absolute atomic E-state index is 10.8. The van der Waals surface area contributed by atoms with Crippen LogP contribution in [0.3, 0.4) is 0 Å². The summed E-state index contributed by atoms with van der Waals surface area (Å²) in [6.07, 6.45) is 1.50. The monoisotopic (exact) mass is 193 g/mol. The summed E-state index contributed by atoms with van der Waals surface area (Å²) in [7, 11) is -2.54. The highest BCUT2D eigenvalue weighted by atomic mass is 32.2. The highest BCUT2D eigenvalue weighted by molar-refractivity contribution is 7.72. The third-order valence-electron chi connectivity index (χ3n) is 1.82. The van der Waals surface area contributed by atoms with Crippen molar-refractivity contribution in [2.75, 3.05) is 0 Å². The molecule has 0 aliphatic heterocycles. The molecule has 0 saturated heterocycles. The number of hydrogen-bond donors (Lipinski definition) is 1. The van der Waals surface area contributed by atoms with Crippen LogP contribution < -0.4 is 0 Å². The topological polar surface area (TPSA) is 47.0 Å². The summed E-state index contributed by atoms with van der Waals surface area (Å²) in [4.78, 5) is 4.39. The van der Waals surface area contributed by atoms with Gasteiger partial charge in [-0.15, -0.1) is 0 Å². The minimum atomic E-state index is -2.54. The van der Waals surface area contributed by atoms with E-state index in [1.54, 1.807) is 18.2 Å². The maximum Gasteiger partial charge on any atom is 0.169 e. The molecule has 0 aliphatic carbocycles. The van der Waals surface area contributed by atoms with Crippen molar-refractivity contribution in [3.05, 3.63) is 36.5 Å². The Labute approximate surface area is 77.0 Å². The van der Waals surface area contributed by atoms with Crippen LogP contribution in [0.2, 0.25) is 0 Å². The zero-order chi connectivity index (χ0) is 9.26. The SMILES string of the molecule is O=[SH](=O)c1ccnc2ccccc12. The molecule has 2 rings (SSSR count). The Bertz CT molecular complexity index is 507. The first-order chi connectivity index (χ1) is 6.29. The third-order valence-corrected chi connectivity index (χ3v) is 2.61. The lowest BCUT2D eigenvalue weighted by atomic mass is 10.2. The van der Waals surface area contributed by atoms with Crippen molar-refractivity contribution in [3.63, 3.8) is 0 Å². The van der Waals surface area contributed by atoms with Gasteiger partial charge in [0.15, 0.2) is 10.7 Å². The lowest BCUT2D eigenvalue weighted by Gasteiger charge is -1.97. The number of hydrogen-bond acceptors (Lipinski definition) is 3. The Hall–Kier alpha value is -1.42. The van der Waals surface area contributed by atoms with Gasteiger partial charge >= 0.3 is 0 Å². The quantitative estimate of drug-likeness (QED) is 0.692. The van der Waals surface area contributed by atoms with Crippen LogP contribution in [-0.4, -0.2) is 13.4 Å². The van der Waals surface area contributed by atoms with Crippen LogP contribution in [-0.2, 0) is 10.7 Å². The second kappa shape index (κ2) is 3.14. The van der Waals surface area contributed by atoms with Crippen LogP contribution in [0, 0.1) is 0 Å². The van der Waals surface area contributed by atoms with Crippen molar-refractivity contribution >= 4 is 21.6 Å².